The number of rotatable bonds is 5. The van der Waals surface area contributed by atoms with Crippen molar-refractivity contribution in [2.24, 2.45) is 0 Å². The Labute approximate surface area is 136 Å². The minimum atomic E-state index is -2.69. The Bertz CT molecular complexity index is 682. The molecule has 0 aliphatic heterocycles. The first-order chi connectivity index (χ1) is 10.9. The van der Waals surface area contributed by atoms with Crippen molar-refractivity contribution < 1.29 is 18.0 Å². The van der Waals surface area contributed by atoms with Crippen LogP contribution >= 0.6 is 11.6 Å². The van der Waals surface area contributed by atoms with E-state index in [0.29, 0.717) is 5.56 Å². The molecule has 0 N–H and O–H groups in total. The number of hydrogen-bond donors (Lipinski definition) is 0. The average Bonchev–Trinajstić information content (AvgIpc) is 2.54. The number of alkyl halides is 2. The number of carbonyl (C=O) groups excluding carboxylic acids is 1. The molecule has 0 aliphatic carbocycles. The third kappa shape index (κ3) is 4.22. The van der Waals surface area contributed by atoms with Gasteiger partial charge in [0.15, 0.2) is 0 Å². The van der Waals surface area contributed by atoms with Crippen LogP contribution in [0.3, 0.4) is 0 Å². The lowest BCUT2D eigenvalue weighted by molar-refractivity contribution is -0.120. The zero-order chi connectivity index (χ0) is 17.0. The largest absolute Gasteiger partial charge is 0.305 e. The van der Waals surface area contributed by atoms with Crippen molar-refractivity contribution in [1.82, 2.24) is 4.98 Å². The van der Waals surface area contributed by atoms with E-state index in [1.54, 1.807) is 13.0 Å². The standard InChI is InChI=1S/C16H14ClF3N2O/c1-10(11-4-5-14(18)13(17)7-11)16(23)22(9-15(19)20)12-3-2-6-21-8-12/h2-8,10,15H,9H2,1H3. The van der Waals surface area contributed by atoms with Gasteiger partial charge in [0.2, 0.25) is 5.91 Å². The van der Waals surface area contributed by atoms with E-state index in [-0.39, 0.29) is 10.7 Å². The summed E-state index contributed by atoms with van der Waals surface area (Å²) >= 11 is 5.71. The summed E-state index contributed by atoms with van der Waals surface area (Å²) in [6.07, 6.45) is 0.130. The summed E-state index contributed by atoms with van der Waals surface area (Å²) < 4.78 is 38.9. The van der Waals surface area contributed by atoms with E-state index in [2.05, 4.69) is 4.98 Å². The Morgan fingerprint density at radius 2 is 2.09 bits per heavy atom. The molecule has 23 heavy (non-hydrogen) atoms. The van der Waals surface area contributed by atoms with Gasteiger partial charge in [0.25, 0.3) is 6.43 Å². The van der Waals surface area contributed by atoms with Crippen molar-refractivity contribution in [1.29, 1.82) is 0 Å². The number of amides is 1. The van der Waals surface area contributed by atoms with Crippen molar-refractivity contribution in [3.05, 3.63) is 59.1 Å². The molecule has 7 heteroatoms. The number of pyridine rings is 1. The summed E-state index contributed by atoms with van der Waals surface area (Å²) in [5.41, 5.74) is 0.724. The second kappa shape index (κ2) is 7.46. The fourth-order valence-electron chi connectivity index (χ4n) is 2.13. The Kier molecular flexibility index (Phi) is 5.60. The van der Waals surface area contributed by atoms with E-state index in [0.717, 1.165) is 11.0 Å². The zero-order valence-electron chi connectivity index (χ0n) is 12.2. The van der Waals surface area contributed by atoms with Gasteiger partial charge in [0, 0.05) is 6.20 Å². The quantitative estimate of drug-likeness (QED) is 0.812. The van der Waals surface area contributed by atoms with Crippen LogP contribution in [0.1, 0.15) is 18.4 Å². The van der Waals surface area contributed by atoms with Crippen LogP contribution in [0, 0.1) is 5.82 Å². The number of hydrogen-bond acceptors (Lipinski definition) is 2. The normalized spacial score (nSPS) is 12.3. The Morgan fingerprint density at radius 1 is 1.35 bits per heavy atom. The predicted molar refractivity (Wildman–Crippen MR) is 82.4 cm³/mol. The summed E-state index contributed by atoms with van der Waals surface area (Å²) in [7, 11) is 0. The molecule has 0 spiro atoms. The van der Waals surface area contributed by atoms with Crippen LogP contribution in [0.4, 0.5) is 18.9 Å². The van der Waals surface area contributed by atoms with E-state index < -0.39 is 30.6 Å². The highest BCUT2D eigenvalue weighted by atomic mass is 35.5. The SMILES string of the molecule is CC(C(=O)N(CC(F)F)c1cccnc1)c1ccc(F)c(Cl)c1. The fraction of sp³-hybridized carbons (Fsp3) is 0.250. The van der Waals surface area contributed by atoms with Crippen LogP contribution in [0.25, 0.3) is 0 Å². The van der Waals surface area contributed by atoms with Gasteiger partial charge in [0.1, 0.15) is 5.82 Å². The molecule has 2 aromatic rings. The molecule has 0 saturated carbocycles. The maximum Gasteiger partial charge on any atom is 0.256 e. The van der Waals surface area contributed by atoms with Gasteiger partial charge < -0.3 is 4.90 Å². The van der Waals surface area contributed by atoms with Gasteiger partial charge in [-0.1, -0.05) is 17.7 Å². The van der Waals surface area contributed by atoms with E-state index >= 15 is 0 Å². The number of nitrogens with zero attached hydrogens (tertiary/aromatic N) is 2. The van der Waals surface area contributed by atoms with Crippen molar-refractivity contribution in [2.75, 3.05) is 11.4 Å². The summed E-state index contributed by atoms with van der Waals surface area (Å²) in [5, 5.41) is -0.121. The van der Waals surface area contributed by atoms with Crippen LogP contribution in [0.5, 0.6) is 0 Å². The topological polar surface area (TPSA) is 33.2 Å². The van der Waals surface area contributed by atoms with Crippen molar-refractivity contribution in [3.63, 3.8) is 0 Å². The van der Waals surface area contributed by atoms with Crippen LogP contribution < -0.4 is 4.90 Å². The summed E-state index contributed by atoms with van der Waals surface area (Å²) in [4.78, 5) is 17.4. The van der Waals surface area contributed by atoms with Crippen molar-refractivity contribution >= 4 is 23.2 Å². The van der Waals surface area contributed by atoms with Gasteiger partial charge in [-0.2, -0.15) is 0 Å². The van der Waals surface area contributed by atoms with E-state index in [4.69, 9.17) is 11.6 Å². The van der Waals surface area contributed by atoms with Gasteiger partial charge in [-0.05, 0) is 36.8 Å². The van der Waals surface area contributed by atoms with E-state index in [1.165, 1.54) is 30.6 Å². The third-order valence-electron chi connectivity index (χ3n) is 3.36. The summed E-state index contributed by atoms with van der Waals surface area (Å²) in [6.45, 7) is 0.810. The lowest BCUT2D eigenvalue weighted by atomic mass is 9.99. The van der Waals surface area contributed by atoms with Crippen LogP contribution in [-0.4, -0.2) is 23.9 Å². The molecule has 1 heterocycles. The lowest BCUT2D eigenvalue weighted by Gasteiger charge is -2.25. The molecule has 1 amide bonds. The Morgan fingerprint density at radius 3 is 2.65 bits per heavy atom. The maximum absolute atomic E-state index is 13.2. The predicted octanol–water partition coefficient (Wildman–Crippen LogP) is 4.28. The number of aromatic nitrogens is 1. The molecule has 0 aliphatic rings. The summed E-state index contributed by atoms with van der Waals surface area (Å²) in [5.74, 6) is -1.90. The Hall–Kier alpha value is -2.08. The molecule has 1 atom stereocenters. The number of benzene rings is 1. The Balaban J connectivity index is 2.30. The number of halogens is 4. The van der Waals surface area contributed by atoms with Crippen molar-refractivity contribution in [2.45, 2.75) is 19.3 Å². The van der Waals surface area contributed by atoms with Crippen LogP contribution in [-0.2, 0) is 4.79 Å². The monoisotopic (exact) mass is 342 g/mol. The first-order valence-electron chi connectivity index (χ1n) is 6.84. The van der Waals surface area contributed by atoms with Gasteiger partial charge in [-0.25, -0.2) is 13.2 Å². The highest BCUT2D eigenvalue weighted by Gasteiger charge is 2.26. The zero-order valence-corrected chi connectivity index (χ0v) is 13.0. The van der Waals surface area contributed by atoms with Crippen LogP contribution in [0.15, 0.2) is 42.7 Å². The number of anilines is 1. The van der Waals surface area contributed by atoms with Crippen LogP contribution in [0.2, 0.25) is 5.02 Å². The second-order valence-corrected chi connectivity index (χ2v) is 5.35. The first-order valence-corrected chi connectivity index (χ1v) is 7.22. The molecule has 0 fully saturated rings. The molecule has 1 aromatic carbocycles. The lowest BCUT2D eigenvalue weighted by Crippen LogP contribution is -2.38. The molecular weight excluding hydrogens is 329 g/mol. The maximum atomic E-state index is 13.2. The molecule has 3 nitrogen and oxygen atoms in total. The molecule has 0 bridgehead atoms. The molecule has 1 unspecified atom stereocenters. The van der Waals surface area contributed by atoms with Gasteiger partial charge in [-0.15, -0.1) is 0 Å². The third-order valence-corrected chi connectivity index (χ3v) is 3.65. The molecule has 0 radical (unpaired) electrons. The molecule has 2 rings (SSSR count). The number of carbonyl (C=O) groups is 1. The van der Waals surface area contributed by atoms with E-state index in [9.17, 15) is 18.0 Å². The van der Waals surface area contributed by atoms with Crippen molar-refractivity contribution in [3.8, 4) is 0 Å². The minimum absolute atomic E-state index is 0.121. The average molecular weight is 343 g/mol. The summed E-state index contributed by atoms with van der Waals surface area (Å²) in [6, 6.07) is 6.96. The first kappa shape index (κ1) is 17.3. The molecule has 122 valence electrons. The molecule has 1 aromatic heterocycles. The second-order valence-electron chi connectivity index (χ2n) is 4.95. The minimum Gasteiger partial charge on any atom is -0.305 e. The smallest absolute Gasteiger partial charge is 0.256 e. The molecular formula is C16H14ClF3N2O. The molecule has 0 saturated heterocycles. The van der Waals surface area contributed by atoms with Gasteiger partial charge in [0.05, 0.1) is 29.4 Å². The van der Waals surface area contributed by atoms with Gasteiger partial charge in [-0.3, -0.25) is 9.78 Å². The fourth-order valence-corrected chi connectivity index (χ4v) is 2.32. The highest BCUT2D eigenvalue weighted by molar-refractivity contribution is 6.30. The highest BCUT2D eigenvalue weighted by Crippen LogP contribution is 2.26. The van der Waals surface area contributed by atoms with E-state index in [1.807, 2.05) is 0 Å². The van der Waals surface area contributed by atoms with Gasteiger partial charge >= 0.3 is 0 Å².